The van der Waals surface area contributed by atoms with Crippen LogP contribution in [0.25, 0.3) is 0 Å². The van der Waals surface area contributed by atoms with E-state index >= 15 is 0 Å². The number of aromatic nitrogens is 2. The Morgan fingerprint density at radius 3 is 2.74 bits per heavy atom. The summed E-state index contributed by atoms with van der Waals surface area (Å²) in [5.74, 6) is -1.65. The number of nitrogens with two attached hydrogens (primary N) is 1. The van der Waals surface area contributed by atoms with Crippen LogP contribution in [0.4, 0.5) is 5.82 Å². The number of anilines is 1. The minimum absolute atomic E-state index is 0.224. The fraction of sp³-hybridized carbons (Fsp3) is 0.286. The molecule has 23 heavy (non-hydrogen) atoms. The quantitative estimate of drug-likeness (QED) is 0.588. The molecule has 0 amide bonds. The maximum atomic E-state index is 12.1. The summed E-state index contributed by atoms with van der Waals surface area (Å²) in [6.45, 7) is 1.45. The van der Waals surface area contributed by atoms with E-state index in [9.17, 15) is 19.2 Å². The zero-order chi connectivity index (χ0) is 17.0. The van der Waals surface area contributed by atoms with E-state index in [2.05, 4.69) is 0 Å². The van der Waals surface area contributed by atoms with E-state index < -0.39 is 29.6 Å². The topological polar surface area (TPSA) is 124 Å². The zero-order valence-corrected chi connectivity index (χ0v) is 13.1. The standard InChI is InChI=1S/C14H15N3O5S/c1-2-5-17-11(15)10(12(19)16-14(17)21)8(18)7-22-13(20)9-4-3-6-23-9/h3-4,6H,2,5,7,15H2,1H3,(H,16,19,21). The number of hydrogen-bond donors (Lipinski definition) is 2. The van der Waals surface area contributed by atoms with Gasteiger partial charge in [0.05, 0.1) is 0 Å². The molecular formula is C14H15N3O5S. The first-order valence-electron chi connectivity index (χ1n) is 6.82. The average molecular weight is 337 g/mol. The van der Waals surface area contributed by atoms with E-state index in [1.54, 1.807) is 17.5 Å². The van der Waals surface area contributed by atoms with Gasteiger partial charge >= 0.3 is 11.7 Å². The Morgan fingerprint density at radius 2 is 2.13 bits per heavy atom. The average Bonchev–Trinajstić information content (AvgIpc) is 3.03. The van der Waals surface area contributed by atoms with Gasteiger partial charge in [0.15, 0.2) is 6.61 Å². The number of nitrogens with one attached hydrogen (secondary N) is 1. The number of ketones is 1. The number of aromatic amines is 1. The van der Waals surface area contributed by atoms with Gasteiger partial charge in [0.25, 0.3) is 5.56 Å². The highest BCUT2D eigenvalue weighted by atomic mass is 32.1. The number of Topliss-reactive ketones (excluding diaryl/α,β-unsaturated/α-hetero) is 1. The molecule has 0 bridgehead atoms. The van der Waals surface area contributed by atoms with Crippen LogP contribution in [0.3, 0.4) is 0 Å². The Labute approximate surface area is 134 Å². The maximum absolute atomic E-state index is 12.1. The molecule has 0 aliphatic heterocycles. The number of nitrogen functional groups attached to an aromatic ring is 1. The molecule has 2 aromatic rings. The van der Waals surface area contributed by atoms with Crippen molar-refractivity contribution in [2.45, 2.75) is 19.9 Å². The van der Waals surface area contributed by atoms with Crippen molar-refractivity contribution >= 4 is 28.9 Å². The lowest BCUT2D eigenvalue weighted by Gasteiger charge is -2.11. The van der Waals surface area contributed by atoms with E-state index in [4.69, 9.17) is 10.5 Å². The Kier molecular flexibility index (Phi) is 5.12. The molecule has 0 spiro atoms. The first-order chi connectivity index (χ1) is 11.0. The number of carbonyl (C=O) groups is 2. The third kappa shape index (κ3) is 3.57. The van der Waals surface area contributed by atoms with E-state index in [0.29, 0.717) is 11.3 Å². The molecule has 2 rings (SSSR count). The number of rotatable bonds is 6. The van der Waals surface area contributed by atoms with Crippen molar-refractivity contribution in [2.75, 3.05) is 12.3 Å². The molecule has 0 radical (unpaired) electrons. The summed E-state index contributed by atoms with van der Waals surface area (Å²) in [6.07, 6.45) is 0.594. The molecule has 0 fully saturated rings. The van der Waals surface area contributed by atoms with E-state index in [1.807, 2.05) is 11.9 Å². The summed E-state index contributed by atoms with van der Waals surface area (Å²) < 4.78 is 5.98. The van der Waals surface area contributed by atoms with Gasteiger partial charge < -0.3 is 10.5 Å². The van der Waals surface area contributed by atoms with Crippen LogP contribution in [-0.4, -0.2) is 27.9 Å². The maximum Gasteiger partial charge on any atom is 0.348 e. The number of H-pyrrole nitrogens is 1. The lowest BCUT2D eigenvalue weighted by atomic mass is 10.2. The minimum Gasteiger partial charge on any atom is -0.453 e. The third-order valence-electron chi connectivity index (χ3n) is 3.02. The van der Waals surface area contributed by atoms with E-state index in [1.165, 1.54) is 11.3 Å². The van der Waals surface area contributed by atoms with Gasteiger partial charge in [-0.1, -0.05) is 13.0 Å². The summed E-state index contributed by atoms with van der Waals surface area (Å²) in [7, 11) is 0. The molecule has 2 aromatic heterocycles. The van der Waals surface area contributed by atoms with Crippen molar-refractivity contribution in [1.82, 2.24) is 9.55 Å². The molecule has 0 unspecified atom stereocenters. The number of hydrogen-bond acceptors (Lipinski definition) is 7. The summed E-state index contributed by atoms with van der Waals surface area (Å²) in [5.41, 5.74) is 3.81. The largest absolute Gasteiger partial charge is 0.453 e. The van der Waals surface area contributed by atoms with Crippen LogP contribution in [0.5, 0.6) is 0 Å². The van der Waals surface area contributed by atoms with Gasteiger partial charge in [-0.2, -0.15) is 0 Å². The first kappa shape index (κ1) is 16.7. The molecule has 3 N–H and O–H groups in total. The first-order valence-corrected chi connectivity index (χ1v) is 7.70. The molecular weight excluding hydrogens is 322 g/mol. The normalized spacial score (nSPS) is 10.5. The van der Waals surface area contributed by atoms with Gasteiger partial charge in [0.2, 0.25) is 5.78 Å². The molecule has 0 aliphatic rings. The van der Waals surface area contributed by atoms with Crippen LogP contribution < -0.4 is 17.0 Å². The van der Waals surface area contributed by atoms with Crippen molar-refractivity contribution in [3.05, 3.63) is 48.8 Å². The van der Waals surface area contributed by atoms with Gasteiger partial charge in [-0.15, -0.1) is 11.3 Å². The number of nitrogens with zero attached hydrogens (tertiary/aromatic N) is 1. The molecule has 122 valence electrons. The third-order valence-corrected chi connectivity index (χ3v) is 3.87. The highest BCUT2D eigenvalue weighted by Gasteiger charge is 2.21. The molecule has 0 aromatic carbocycles. The highest BCUT2D eigenvalue weighted by molar-refractivity contribution is 7.11. The fourth-order valence-electron chi connectivity index (χ4n) is 1.97. The van der Waals surface area contributed by atoms with Gasteiger partial charge in [0.1, 0.15) is 16.3 Å². The molecule has 2 heterocycles. The predicted octanol–water partition coefficient (Wildman–Crippen LogP) is 0.630. The lowest BCUT2D eigenvalue weighted by Crippen LogP contribution is -2.37. The molecule has 0 saturated heterocycles. The van der Waals surface area contributed by atoms with Gasteiger partial charge in [-0.05, 0) is 17.9 Å². The Bertz CT molecular complexity index is 835. The Balaban J connectivity index is 2.22. The number of carbonyl (C=O) groups excluding carboxylic acids is 2. The smallest absolute Gasteiger partial charge is 0.348 e. The van der Waals surface area contributed by atoms with Crippen molar-refractivity contribution in [2.24, 2.45) is 0 Å². The van der Waals surface area contributed by atoms with Crippen LogP contribution in [-0.2, 0) is 11.3 Å². The van der Waals surface area contributed by atoms with Crippen LogP contribution in [0.15, 0.2) is 27.1 Å². The van der Waals surface area contributed by atoms with Crippen molar-refractivity contribution in [3.8, 4) is 0 Å². The number of thiophene rings is 1. The molecule has 8 nitrogen and oxygen atoms in total. The molecule has 0 aliphatic carbocycles. The minimum atomic E-state index is -0.892. The molecule has 0 saturated carbocycles. The number of esters is 1. The van der Waals surface area contributed by atoms with Gasteiger partial charge in [0, 0.05) is 6.54 Å². The van der Waals surface area contributed by atoms with Crippen molar-refractivity contribution in [1.29, 1.82) is 0 Å². The summed E-state index contributed by atoms with van der Waals surface area (Å²) in [5, 5.41) is 1.70. The van der Waals surface area contributed by atoms with E-state index in [0.717, 1.165) is 4.57 Å². The summed E-state index contributed by atoms with van der Waals surface area (Å²) >= 11 is 1.17. The fourth-order valence-corrected chi connectivity index (χ4v) is 2.59. The zero-order valence-electron chi connectivity index (χ0n) is 12.3. The Morgan fingerprint density at radius 1 is 1.39 bits per heavy atom. The van der Waals surface area contributed by atoms with E-state index in [-0.39, 0.29) is 17.9 Å². The summed E-state index contributed by atoms with van der Waals surface area (Å²) in [4.78, 5) is 49.7. The highest BCUT2D eigenvalue weighted by Crippen LogP contribution is 2.11. The lowest BCUT2D eigenvalue weighted by molar-refractivity contribution is 0.0479. The van der Waals surface area contributed by atoms with Crippen LogP contribution in [0, 0.1) is 0 Å². The second-order valence-electron chi connectivity index (χ2n) is 4.65. The second-order valence-corrected chi connectivity index (χ2v) is 5.60. The van der Waals surface area contributed by atoms with Gasteiger partial charge in [-0.3, -0.25) is 19.1 Å². The molecule has 9 heteroatoms. The molecule has 0 atom stereocenters. The SMILES string of the molecule is CCCn1c(N)c(C(=O)COC(=O)c2cccs2)c(=O)[nH]c1=O. The monoisotopic (exact) mass is 337 g/mol. The van der Waals surface area contributed by atoms with Crippen LogP contribution in [0.1, 0.15) is 33.4 Å². The van der Waals surface area contributed by atoms with Crippen LogP contribution in [0.2, 0.25) is 0 Å². The Hall–Kier alpha value is -2.68. The summed E-state index contributed by atoms with van der Waals surface area (Å²) in [6, 6.07) is 3.23. The van der Waals surface area contributed by atoms with Gasteiger partial charge in [-0.25, -0.2) is 9.59 Å². The van der Waals surface area contributed by atoms with Crippen molar-refractivity contribution in [3.63, 3.8) is 0 Å². The predicted molar refractivity (Wildman–Crippen MR) is 85.0 cm³/mol. The van der Waals surface area contributed by atoms with Crippen molar-refractivity contribution < 1.29 is 14.3 Å². The number of ether oxygens (including phenoxy) is 1. The second kappa shape index (κ2) is 7.05. The van der Waals surface area contributed by atoms with Crippen LogP contribution >= 0.6 is 11.3 Å².